The molecule has 0 bridgehead atoms. The molecule has 3 amide bonds. The zero-order chi connectivity index (χ0) is 68.1. The number of esters is 3. The number of nitrogens with one attached hydrogen (secondary N) is 1. The molecule has 0 saturated carbocycles. The first-order valence-corrected chi connectivity index (χ1v) is 33.7. The van der Waals surface area contributed by atoms with Gasteiger partial charge in [0, 0.05) is 17.8 Å². The molecule has 2 fully saturated rings. The lowest BCUT2D eigenvalue weighted by molar-refractivity contribution is -0.149. The summed E-state index contributed by atoms with van der Waals surface area (Å²) in [7, 11) is -4.47. The minimum absolute atomic E-state index is 0.0430. The highest BCUT2D eigenvalue weighted by atomic mass is 32.2. The first-order chi connectivity index (χ1) is 47.8. The standard InChI is InChI=1S/C25H21NO7S.C25H21NO6S.C25H23NO5/c27-24(31-14-17-8-2-1-3-9-17)23-16-33-34(29,30)26(23)25(28)32-15-22-20-12-6-4-10-18(20)19-11-5-7-13-21(19)22;27-24(30-14-17-8-2-1-3-9-17)23-16-32-33(29)26(23)25(28)31-15-22-20-12-6-4-10-18(20)19-11-5-7-13-21(19)22;27-14-23(24(28)30-15-17-8-2-1-3-9-17)26-25(29)31-16-22-20-12-6-4-10-18(20)19-11-5-7-13-21(19)22/h1-13,22-23H,14-16H2;1-13,22-23H,14-16H2;1-13,22-23,27H,14-16H2,(H,26,29)/t23-;23-,33?;23-/m000/s1. The Balaban J connectivity index is 0.000000140. The van der Waals surface area contributed by atoms with Crippen molar-refractivity contribution in [1.29, 1.82) is 0 Å². The van der Waals surface area contributed by atoms with E-state index in [9.17, 15) is 46.5 Å². The summed E-state index contributed by atoms with van der Waals surface area (Å²) >= 11 is -2.12. The number of hydrogen-bond donors (Lipinski definition) is 2. The van der Waals surface area contributed by atoms with Crippen molar-refractivity contribution >= 4 is 57.8 Å². The van der Waals surface area contributed by atoms with E-state index >= 15 is 0 Å². The molecule has 500 valence electrons. The Morgan fingerprint density at radius 2 is 0.776 bits per heavy atom. The van der Waals surface area contributed by atoms with Gasteiger partial charge in [-0.3, -0.25) is 8.37 Å². The molecular weight excluding hydrogens is 1290 g/mol. The Labute approximate surface area is 567 Å². The van der Waals surface area contributed by atoms with Crippen LogP contribution in [-0.2, 0) is 92.6 Å². The fraction of sp³-hybridized carbons (Fsp3) is 0.200. The maximum Gasteiger partial charge on any atom is 0.426 e. The number of fused-ring (bicyclic) bond motifs is 9. The zero-order valence-corrected chi connectivity index (χ0v) is 54.1. The molecule has 5 aliphatic rings. The molecule has 98 heavy (non-hydrogen) atoms. The van der Waals surface area contributed by atoms with Gasteiger partial charge in [-0.1, -0.05) is 237 Å². The van der Waals surface area contributed by atoms with Crippen LogP contribution in [0, 0.1) is 0 Å². The van der Waals surface area contributed by atoms with Gasteiger partial charge in [-0.2, -0.15) is 17.0 Å². The number of amides is 3. The van der Waals surface area contributed by atoms with Crippen molar-refractivity contribution in [2.45, 2.75) is 55.7 Å². The van der Waals surface area contributed by atoms with Gasteiger partial charge >= 0.3 is 46.5 Å². The van der Waals surface area contributed by atoms with E-state index in [1.54, 1.807) is 24.3 Å². The molecule has 0 radical (unpaired) electrons. The van der Waals surface area contributed by atoms with E-state index in [0.29, 0.717) is 4.31 Å². The topological polar surface area (TPSA) is 266 Å². The average Bonchev–Trinajstić information content (AvgIpc) is 1.63. The van der Waals surface area contributed by atoms with Crippen LogP contribution in [0.15, 0.2) is 237 Å². The number of hydrogen-bond acceptors (Lipinski definition) is 18. The second-order valence-corrected chi connectivity index (χ2v) is 25.5. The van der Waals surface area contributed by atoms with Crippen molar-refractivity contribution in [3.05, 3.63) is 287 Å². The van der Waals surface area contributed by atoms with E-state index in [1.807, 2.05) is 200 Å². The van der Waals surface area contributed by atoms with Gasteiger partial charge in [-0.05, 0) is 83.5 Å². The molecule has 0 aromatic heterocycles. The Kier molecular flexibility index (Phi) is 21.2. The van der Waals surface area contributed by atoms with Gasteiger partial charge in [0.1, 0.15) is 46.2 Å². The van der Waals surface area contributed by atoms with Crippen LogP contribution in [0.4, 0.5) is 14.4 Å². The second kappa shape index (κ2) is 30.9. The largest absolute Gasteiger partial charge is 0.459 e. The summed E-state index contributed by atoms with van der Waals surface area (Å²) in [4.78, 5) is 75.4. The van der Waals surface area contributed by atoms with Crippen molar-refractivity contribution in [3.8, 4) is 33.4 Å². The van der Waals surface area contributed by atoms with Gasteiger partial charge < -0.3 is 38.8 Å². The molecule has 4 atom stereocenters. The average molecular weight is 1360 g/mol. The quantitative estimate of drug-likeness (QED) is 0.0633. The number of alkyl carbamates (subject to hydrolysis) is 1. The maximum absolute atomic E-state index is 12.9. The second-order valence-electron chi connectivity index (χ2n) is 23.0. The SMILES string of the molecule is O=C(N[C@@H](CO)C(=O)OCc1ccccc1)OCC1c2ccccc2-c2ccccc21.O=C(OCc1ccccc1)[C@@H]1COS(=O)(=O)N1C(=O)OCC1c2ccccc2-c2ccccc21.O=C(OCc1ccccc1)[C@@H]1COS(=O)N1C(=O)OCC1c2ccccc2-c2ccccc21. The third-order valence-corrected chi connectivity index (χ3v) is 19.4. The first-order valence-electron chi connectivity index (χ1n) is 31.3. The monoisotopic (exact) mass is 1360 g/mol. The Morgan fingerprint density at radius 1 is 0.439 bits per heavy atom. The van der Waals surface area contributed by atoms with Crippen molar-refractivity contribution in [3.63, 3.8) is 0 Å². The minimum atomic E-state index is -4.47. The molecule has 9 aromatic rings. The fourth-order valence-electron chi connectivity index (χ4n) is 12.3. The molecule has 2 aliphatic heterocycles. The number of aliphatic hydroxyl groups excluding tert-OH is 1. The Hall–Kier alpha value is -10.8. The Morgan fingerprint density at radius 3 is 1.16 bits per heavy atom. The van der Waals surface area contributed by atoms with E-state index in [2.05, 4.69) is 17.4 Å². The van der Waals surface area contributed by atoms with Crippen molar-refractivity contribution in [2.75, 3.05) is 39.6 Å². The number of carbonyl (C=O) groups excluding carboxylic acids is 6. The molecule has 2 N–H and O–H groups in total. The lowest BCUT2D eigenvalue weighted by Crippen LogP contribution is -2.45. The molecule has 9 aromatic carbocycles. The minimum Gasteiger partial charge on any atom is -0.459 e. The van der Waals surface area contributed by atoms with Crippen LogP contribution in [0.25, 0.3) is 33.4 Å². The van der Waals surface area contributed by atoms with Gasteiger partial charge in [0.15, 0.2) is 18.1 Å². The normalized spacial score (nSPS) is 16.9. The molecule has 3 aliphatic carbocycles. The molecule has 21 nitrogen and oxygen atoms in total. The number of aliphatic hydroxyl groups is 1. The summed E-state index contributed by atoms with van der Waals surface area (Å²) in [6.45, 7) is -1.21. The molecule has 23 heteroatoms. The zero-order valence-electron chi connectivity index (χ0n) is 52.4. The summed E-state index contributed by atoms with van der Waals surface area (Å²) in [5.41, 5.74) is 15.2. The van der Waals surface area contributed by atoms with Gasteiger partial charge in [0.2, 0.25) is 0 Å². The summed E-state index contributed by atoms with van der Waals surface area (Å²) < 4.78 is 80.1. The first kappa shape index (κ1) is 67.2. The van der Waals surface area contributed by atoms with E-state index in [4.69, 9.17) is 36.8 Å². The lowest BCUT2D eigenvalue weighted by Gasteiger charge is -2.21. The number of rotatable bonds is 17. The van der Waals surface area contributed by atoms with Gasteiger partial charge in [0.25, 0.3) is 11.3 Å². The predicted octanol–water partition coefficient (Wildman–Crippen LogP) is 11.2. The molecule has 2 saturated heterocycles. The highest BCUT2D eigenvalue weighted by molar-refractivity contribution is 7.85. The smallest absolute Gasteiger partial charge is 0.426 e. The number of benzene rings is 9. The highest BCUT2D eigenvalue weighted by Gasteiger charge is 2.49. The van der Waals surface area contributed by atoms with Crippen LogP contribution >= 0.6 is 0 Å². The summed E-state index contributed by atoms with van der Waals surface area (Å²) in [6, 6.07) is 71.0. The van der Waals surface area contributed by atoms with E-state index < -0.39 is 89.1 Å². The van der Waals surface area contributed by atoms with Gasteiger partial charge in [0.05, 0.1) is 13.2 Å². The molecular formula is C75H65N3O18S2. The summed E-state index contributed by atoms with van der Waals surface area (Å²) in [6.07, 6.45) is -2.84. The van der Waals surface area contributed by atoms with Crippen molar-refractivity contribution in [2.24, 2.45) is 0 Å². The molecule has 2 heterocycles. The van der Waals surface area contributed by atoms with Crippen LogP contribution < -0.4 is 5.32 Å². The summed E-state index contributed by atoms with van der Waals surface area (Å²) in [5, 5.41) is 11.9. The van der Waals surface area contributed by atoms with Gasteiger partial charge in [-0.15, -0.1) is 0 Å². The number of ether oxygens (including phenoxy) is 6. The third kappa shape index (κ3) is 15.1. The van der Waals surface area contributed by atoms with E-state index in [1.165, 1.54) is 0 Å². The number of carbonyl (C=O) groups is 6. The van der Waals surface area contributed by atoms with Crippen LogP contribution in [0.2, 0.25) is 0 Å². The van der Waals surface area contributed by atoms with Crippen molar-refractivity contribution < 1.29 is 83.3 Å². The van der Waals surface area contributed by atoms with Crippen LogP contribution in [0.1, 0.15) is 67.8 Å². The summed E-state index contributed by atoms with van der Waals surface area (Å²) in [5.74, 6) is -2.81. The van der Waals surface area contributed by atoms with Crippen LogP contribution in [0.5, 0.6) is 0 Å². The lowest BCUT2D eigenvalue weighted by atomic mass is 9.98. The van der Waals surface area contributed by atoms with Gasteiger partial charge in [-0.25, -0.2) is 33.0 Å². The van der Waals surface area contributed by atoms with E-state index in [0.717, 1.165) is 87.8 Å². The fourth-order valence-corrected chi connectivity index (χ4v) is 14.3. The maximum atomic E-state index is 12.9. The van der Waals surface area contributed by atoms with Crippen molar-refractivity contribution in [1.82, 2.24) is 13.9 Å². The predicted molar refractivity (Wildman–Crippen MR) is 358 cm³/mol. The third-order valence-electron chi connectivity index (χ3n) is 17.0. The number of nitrogens with zero attached hydrogens (tertiary/aromatic N) is 2. The highest BCUT2D eigenvalue weighted by Crippen LogP contribution is 2.47. The molecule has 0 spiro atoms. The molecule has 14 rings (SSSR count). The van der Waals surface area contributed by atoms with Crippen LogP contribution in [0.3, 0.4) is 0 Å². The van der Waals surface area contributed by atoms with Crippen LogP contribution in [-0.4, -0.2) is 120 Å². The van der Waals surface area contributed by atoms with E-state index in [-0.39, 0.29) is 64.0 Å². The Bertz CT molecular complexity index is 4390. The molecule has 1 unspecified atom stereocenters.